The summed E-state index contributed by atoms with van der Waals surface area (Å²) in [6.45, 7) is 7.42. The van der Waals surface area contributed by atoms with Crippen molar-refractivity contribution in [2.75, 3.05) is 13.1 Å². The minimum atomic E-state index is -3.68. The molecule has 0 radical (unpaired) electrons. The van der Waals surface area contributed by atoms with E-state index in [1.54, 1.807) is 12.1 Å². The van der Waals surface area contributed by atoms with E-state index in [2.05, 4.69) is 23.6 Å². The molecule has 0 aliphatic carbocycles. The van der Waals surface area contributed by atoms with Crippen LogP contribution in [0.4, 0.5) is 0 Å². The monoisotopic (exact) mass is 403 g/mol. The summed E-state index contributed by atoms with van der Waals surface area (Å²) in [6.07, 6.45) is 3.04. The lowest BCUT2D eigenvalue weighted by Crippen LogP contribution is -2.46. The molecule has 28 heavy (non-hydrogen) atoms. The van der Waals surface area contributed by atoms with Gasteiger partial charge in [-0.2, -0.15) is 8.42 Å². The highest BCUT2D eigenvalue weighted by Gasteiger charge is 2.34. The maximum Gasteiger partial charge on any atom is 0.285 e. The van der Waals surface area contributed by atoms with Crippen LogP contribution in [0, 0.1) is 5.92 Å². The molecule has 7 heteroatoms. The number of carbonyl (C=O) groups excluding carboxylic acids is 1. The highest BCUT2D eigenvalue weighted by Crippen LogP contribution is 2.34. The van der Waals surface area contributed by atoms with Gasteiger partial charge in [-0.25, -0.2) is 0 Å². The van der Waals surface area contributed by atoms with Crippen LogP contribution in [-0.2, 0) is 14.8 Å². The summed E-state index contributed by atoms with van der Waals surface area (Å²) in [7, 11) is -3.68. The van der Waals surface area contributed by atoms with E-state index in [-0.39, 0.29) is 11.9 Å². The number of amidine groups is 1. The van der Waals surface area contributed by atoms with Crippen molar-refractivity contribution in [3.05, 3.63) is 41.5 Å². The summed E-state index contributed by atoms with van der Waals surface area (Å²) in [6, 6.07) is 9.27. The van der Waals surface area contributed by atoms with Crippen LogP contribution < -0.4 is 5.32 Å². The van der Waals surface area contributed by atoms with Crippen molar-refractivity contribution < 1.29 is 13.2 Å². The first kappa shape index (κ1) is 20.6. The quantitative estimate of drug-likeness (QED) is 0.819. The van der Waals surface area contributed by atoms with Gasteiger partial charge in [0.05, 0.1) is 0 Å². The molecular formula is C21H29N3O3S. The molecule has 1 N–H and O–H groups in total. The summed E-state index contributed by atoms with van der Waals surface area (Å²) >= 11 is 0. The molecule has 6 nitrogen and oxygen atoms in total. The number of nitrogens with one attached hydrogen (secondary N) is 1. The number of benzene rings is 1. The number of carbonyl (C=O) groups is 1. The summed E-state index contributed by atoms with van der Waals surface area (Å²) in [5, 5.41) is 3.11. The molecular weight excluding hydrogens is 374 g/mol. The molecule has 1 aromatic carbocycles. The summed E-state index contributed by atoms with van der Waals surface area (Å²) in [4.78, 5) is 14.4. The van der Waals surface area contributed by atoms with Gasteiger partial charge in [-0.05, 0) is 37.7 Å². The lowest BCUT2D eigenvalue weighted by molar-refractivity contribution is -0.122. The van der Waals surface area contributed by atoms with Crippen molar-refractivity contribution in [1.29, 1.82) is 0 Å². The van der Waals surface area contributed by atoms with Crippen molar-refractivity contribution in [1.82, 2.24) is 10.2 Å². The Morgan fingerprint density at radius 1 is 1.21 bits per heavy atom. The fourth-order valence-corrected chi connectivity index (χ4v) is 5.21. The number of rotatable bonds is 5. The van der Waals surface area contributed by atoms with Crippen LogP contribution >= 0.6 is 0 Å². The zero-order valence-electron chi connectivity index (χ0n) is 16.8. The normalized spacial score (nSPS) is 19.9. The first-order chi connectivity index (χ1) is 13.3. The molecule has 0 spiro atoms. The van der Waals surface area contributed by atoms with E-state index >= 15 is 0 Å². The largest absolute Gasteiger partial charge is 0.356 e. The van der Waals surface area contributed by atoms with Crippen molar-refractivity contribution in [2.45, 2.75) is 52.5 Å². The van der Waals surface area contributed by atoms with Crippen LogP contribution in [-0.4, -0.2) is 44.2 Å². The van der Waals surface area contributed by atoms with Gasteiger partial charge in [0.25, 0.3) is 10.0 Å². The van der Waals surface area contributed by atoms with Gasteiger partial charge in [-0.3, -0.25) is 4.79 Å². The highest BCUT2D eigenvalue weighted by atomic mass is 32.2. The molecule has 1 saturated heterocycles. The molecule has 2 aliphatic heterocycles. The highest BCUT2D eigenvalue weighted by molar-refractivity contribution is 8.00. The molecule has 1 amide bonds. The van der Waals surface area contributed by atoms with Crippen LogP contribution in [0.1, 0.15) is 52.0 Å². The van der Waals surface area contributed by atoms with Gasteiger partial charge in [0, 0.05) is 31.1 Å². The summed E-state index contributed by atoms with van der Waals surface area (Å²) < 4.78 is 29.3. The lowest BCUT2D eigenvalue weighted by atomic mass is 10.0. The fraction of sp³-hybridized carbons (Fsp3) is 0.524. The van der Waals surface area contributed by atoms with Crippen molar-refractivity contribution in [3.8, 4) is 0 Å². The molecule has 1 fully saturated rings. The van der Waals surface area contributed by atoms with E-state index in [0.29, 0.717) is 47.3 Å². The molecule has 1 aromatic rings. The molecule has 0 bridgehead atoms. The topological polar surface area (TPSA) is 78.8 Å². The molecule has 0 saturated carbocycles. The van der Waals surface area contributed by atoms with Gasteiger partial charge in [0.2, 0.25) is 5.91 Å². The number of piperidine rings is 1. The molecule has 2 heterocycles. The SMILES string of the molecule is CC1=C(c2ccccc2)S(=O)(=O)N=C1N1CCC(NC(=O)CCC(C)C)CC1. The molecule has 2 aliphatic rings. The molecule has 0 aromatic heterocycles. The zero-order valence-corrected chi connectivity index (χ0v) is 17.6. The Kier molecular flexibility index (Phi) is 6.23. The van der Waals surface area contributed by atoms with Crippen molar-refractivity contribution in [3.63, 3.8) is 0 Å². The first-order valence-corrected chi connectivity index (χ1v) is 11.4. The smallest absolute Gasteiger partial charge is 0.285 e. The average molecular weight is 404 g/mol. The maximum atomic E-state index is 12.6. The summed E-state index contributed by atoms with van der Waals surface area (Å²) in [5.41, 5.74) is 1.37. The van der Waals surface area contributed by atoms with Crippen LogP contribution in [0.25, 0.3) is 4.91 Å². The molecule has 0 unspecified atom stereocenters. The van der Waals surface area contributed by atoms with Gasteiger partial charge >= 0.3 is 0 Å². The van der Waals surface area contributed by atoms with Gasteiger partial charge in [0.15, 0.2) is 0 Å². The van der Waals surface area contributed by atoms with Gasteiger partial charge in [-0.1, -0.05) is 44.2 Å². The van der Waals surface area contributed by atoms with Crippen molar-refractivity contribution in [2.24, 2.45) is 10.3 Å². The standard InChI is InChI=1S/C21H29N3O3S/c1-15(2)9-10-19(25)22-18-11-13-24(14-12-18)21-16(3)20(28(26,27)23-21)17-7-5-4-6-8-17/h4-8,15,18H,9-14H2,1-3H3,(H,22,25). The van der Waals surface area contributed by atoms with Gasteiger partial charge < -0.3 is 10.2 Å². The van der Waals surface area contributed by atoms with E-state index in [4.69, 9.17) is 0 Å². The average Bonchev–Trinajstić information content (AvgIpc) is 2.90. The van der Waals surface area contributed by atoms with Crippen LogP contribution in [0.15, 0.2) is 40.3 Å². The number of hydrogen-bond donors (Lipinski definition) is 1. The van der Waals surface area contributed by atoms with E-state index in [1.807, 2.05) is 30.0 Å². The van der Waals surface area contributed by atoms with Gasteiger partial charge in [-0.15, -0.1) is 4.40 Å². The summed E-state index contributed by atoms with van der Waals surface area (Å²) in [5.74, 6) is 1.17. The first-order valence-electron chi connectivity index (χ1n) is 9.94. The second-order valence-electron chi connectivity index (χ2n) is 7.97. The Bertz CT molecular complexity index is 881. The minimum Gasteiger partial charge on any atom is -0.356 e. The number of sulfonamides is 1. The third kappa shape index (κ3) is 4.63. The number of nitrogens with zero attached hydrogens (tertiary/aromatic N) is 2. The number of likely N-dealkylation sites (tertiary alicyclic amines) is 1. The second-order valence-corrected chi connectivity index (χ2v) is 9.51. The number of amides is 1. The van der Waals surface area contributed by atoms with E-state index in [0.717, 1.165) is 19.3 Å². The van der Waals surface area contributed by atoms with E-state index in [9.17, 15) is 13.2 Å². The van der Waals surface area contributed by atoms with Crippen LogP contribution in [0.3, 0.4) is 0 Å². The van der Waals surface area contributed by atoms with Gasteiger partial charge in [0.1, 0.15) is 10.7 Å². The van der Waals surface area contributed by atoms with E-state index in [1.165, 1.54) is 0 Å². The van der Waals surface area contributed by atoms with E-state index < -0.39 is 10.0 Å². The predicted octanol–water partition coefficient (Wildman–Crippen LogP) is 3.18. The minimum absolute atomic E-state index is 0.107. The third-order valence-electron chi connectivity index (χ3n) is 5.28. The number of hydrogen-bond acceptors (Lipinski definition) is 4. The van der Waals surface area contributed by atoms with Crippen LogP contribution in [0.2, 0.25) is 0 Å². The maximum absolute atomic E-state index is 12.6. The third-order valence-corrected chi connectivity index (χ3v) is 6.76. The van der Waals surface area contributed by atoms with Crippen molar-refractivity contribution >= 4 is 26.7 Å². The van der Waals surface area contributed by atoms with Crippen LogP contribution in [0.5, 0.6) is 0 Å². The lowest BCUT2D eigenvalue weighted by Gasteiger charge is -2.33. The Balaban J connectivity index is 1.65. The zero-order chi connectivity index (χ0) is 20.3. The fourth-order valence-electron chi connectivity index (χ4n) is 3.73. The predicted molar refractivity (Wildman–Crippen MR) is 112 cm³/mol. The Hall–Kier alpha value is -2.15. The Morgan fingerprint density at radius 3 is 2.46 bits per heavy atom. The second kappa shape index (κ2) is 8.47. The molecule has 3 rings (SSSR count). The molecule has 0 atom stereocenters. The Labute approximate surface area is 167 Å². The Morgan fingerprint density at radius 2 is 1.86 bits per heavy atom. The molecule has 152 valence electrons.